The van der Waals surface area contributed by atoms with E-state index in [1.807, 2.05) is 4.68 Å². The molecule has 2 fully saturated rings. The highest BCUT2D eigenvalue weighted by Gasteiger charge is 2.34. The number of hydrogen-bond donors (Lipinski definition) is 1. The molecular formula is C23H26F3N5O. The van der Waals surface area contributed by atoms with E-state index < -0.39 is 11.7 Å². The number of benzene rings is 1. The van der Waals surface area contributed by atoms with Crippen molar-refractivity contribution in [3.05, 3.63) is 57.8 Å². The van der Waals surface area contributed by atoms with E-state index in [0.29, 0.717) is 36.0 Å². The Kier molecular flexibility index (Phi) is 5.31. The quantitative estimate of drug-likeness (QED) is 0.643. The van der Waals surface area contributed by atoms with Gasteiger partial charge in [-0.1, -0.05) is 31.9 Å². The van der Waals surface area contributed by atoms with E-state index in [-0.39, 0.29) is 17.4 Å². The van der Waals surface area contributed by atoms with Crippen LogP contribution in [-0.4, -0.2) is 37.7 Å². The second-order valence-electron chi connectivity index (χ2n) is 9.19. The maximum atomic E-state index is 12.8. The van der Waals surface area contributed by atoms with Gasteiger partial charge in [0.2, 0.25) is 0 Å². The average molecular weight is 445 g/mol. The first-order chi connectivity index (χ1) is 15.3. The lowest BCUT2D eigenvalue weighted by Gasteiger charge is -2.17. The lowest BCUT2D eigenvalue weighted by molar-refractivity contribution is -0.137. The van der Waals surface area contributed by atoms with Crippen LogP contribution in [0.4, 0.5) is 13.2 Å². The fraction of sp³-hybridized carbons (Fsp3) is 0.522. The molecule has 0 radical (unpaired) electrons. The Labute approximate surface area is 183 Å². The van der Waals surface area contributed by atoms with Gasteiger partial charge in [0.05, 0.1) is 17.8 Å². The number of hydrogen-bond acceptors (Lipinski definition) is 4. The normalized spacial score (nSPS) is 22.9. The molecule has 1 aliphatic carbocycles. The molecule has 1 aromatic carbocycles. The number of rotatable bonds is 4. The van der Waals surface area contributed by atoms with Gasteiger partial charge < -0.3 is 4.98 Å². The Bertz CT molecular complexity index is 1160. The van der Waals surface area contributed by atoms with Gasteiger partial charge in [0.25, 0.3) is 5.56 Å². The van der Waals surface area contributed by atoms with Crippen LogP contribution in [0.15, 0.2) is 35.3 Å². The minimum Gasteiger partial charge on any atom is -0.310 e. The molecule has 1 N–H and O–H groups in total. The standard InChI is InChI=1S/C23H26F3N5O/c1-14-11-30(12-15-6-8-16(9-7-15)23(24,25)26)13-19(14)20-28-21-18(22(32)29-20)10-27-31(21)17-4-2-3-5-17/h6-10,14,17,19H,2-5,11-13H2,1H3,(H,28,29,32)/t14-,19-/m1/s1. The predicted octanol–water partition coefficient (Wildman–Crippen LogP) is 4.49. The monoisotopic (exact) mass is 445 g/mol. The summed E-state index contributed by atoms with van der Waals surface area (Å²) in [6.45, 7) is 4.16. The van der Waals surface area contributed by atoms with Gasteiger partial charge in [-0.3, -0.25) is 9.69 Å². The van der Waals surface area contributed by atoms with Crippen LogP contribution < -0.4 is 5.56 Å². The first kappa shape index (κ1) is 21.2. The maximum absolute atomic E-state index is 12.8. The summed E-state index contributed by atoms with van der Waals surface area (Å²) in [5, 5.41) is 4.98. The molecule has 0 unspecified atom stereocenters. The number of halogens is 3. The number of likely N-dealkylation sites (tertiary alicyclic amines) is 1. The van der Waals surface area contributed by atoms with E-state index in [1.54, 1.807) is 6.20 Å². The van der Waals surface area contributed by atoms with Crippen molar-refractivity contribution in [2.24, 2.45) is 5.92 Å². The number of H-pyrrole nitrogens is 1. The van der Waals surface area contributed by atoms with Crippen molar-refractivity contribution >= 4 is 11.0 Å². The predicted molar refractivity (Wildman–Crippen MR) is 114 cm³/mol. The largest absolute Gasteiger partial charge is 0.416 e. The van der Waals surface area contributed by atoms with Gasteiger partial charge in [-0.25, -0.2) is 9.67 Å². The van der Waals surface area contributed by atoms with Gasteiger partial charge in [-0.05, 0) is 36.5 Å². The highest BCUT2D eigenvalue weighted by molar-refractivity contribution is 5.73. The lowest BCUT2D eigenvalue weighted by atomic mass is 9.97. The second-order valence-corrected chi connectivity index (χ2v) is 9.19. The van der Waals surface area contributed by atoms with Crippen LogP contribution in [0.1, 0.15) is 61.5 Å². The second kappa shape index (κ2) is 8.03. The molecule has 32 heavy (non-hydrogen) atoms. The van der Waals surface area contributed by atoms with Crippen molar-refractivity contribution in [2.45, 2.75) is 57.3 Å². The summed E-state index contributed by atoms with van der Waals surface area (Å²) < 4.78 is 40.3. The van der Waals surface area contributed by atoms with Crippen LogP contribution >= 0.6 is 0 Å². The summed E-state index contributed by atoms with van der Waals surface area (Å²) in [4.78, 5) is 22.7. The Balaban J connectivity index is 1.36. The topological polar surface area (TPSA) is 66.8 Å². The highest BCUT2D eigenvalue weighted by Crippen LogP contribution is 2.34. The minimum absolute atomic E-state index is 0.0495. The third-order valence-corrected chi connectivity index (χ3v) is 6.88. The van der Waals surface area contributed by atoms with Crippen molar-refractivity contribution in [3.8, 4) is 0 Å². The molecule has 9 heteroatoms. The molecule has 2 aromatic heterocycles. The van der Waals surface area contributed by atoms with E-state index in [1.165, 1.54) is 25.0 Å². The summed E-state index contributed by atoms with van der Waals surface area (Å²) >= 11 is 0. The average Bonchev–Trinajstić information content (AvgIpc) is 3.47. The number of aromatic amines is 1. The fourth-order valence-corrected chi connectivity index (χ4v) is 5.15. The third-order valence-electron chi connectivity index (χ3n) is 6.88. The van der Waals surface area contributed by atoms with Crippen molar-refractivity contribution in [3.63, 3.8) is 0 Å². The third kappa shape index (κ3) is 3.94. The fourth-order valence-electron chi connectivity index (χ4n) is 5.15. The zero-order valence-corrected chi connectivity index (χ0v) is 17.9. The molecule has 1 saturated carbocycles. The molecule has 3 aromatic rings. The molecule has 1 aliphatic heterocycles. The van der Waals surface area contributed by atoms with E-state index in [0.717, 1.165) is 37.1 Å². The highest BCUT2D eigenvalue weighted by atomic mass is 19.4. The van der Waals surface area contributed by atoms with E-state index in [9.17, 15) is 18.0 Å². The number of fused-ring (bicyclic) bond motifs is 1. The first-order valence-electron chi connectivity index (χ1n) is 11.2. The van der Waals surface area contributed by atoms with Gasteiger partial charge in [0, 0.05) is 25.6 Å². The molecule has 0 amide bonds. The zero-order chi connectivity index (χ0) is 22.5. The van der Waals surface area contributed by atoms with Gasteiger partial charge in [-0.15, -0.1) is 0 Å². The molecule has 2 atom stereocenters. The van der Waals surface area contributed by atoms with Crippen LogP contribution in [0.25, 0.3) is 11.0 Å². The summed E-state index contributed by atoms with van der Waals surface area (Å²) in [6, 6.07) is 5.62. The van der Waals surface area contributed by atoms with Gasteiger partial charge in [0.1, 0.15) is 11.2 Å². The molecule has 0 spiro atoms. The Hall–Kier alpha value is -2.68. The number of aromatic nitrogens is 4. The molecule has 6 nitrogen and oxygen atoms in total. The zero-order valence-electron chi connectivity index (χ0n) is 17.9. The first-order valence-corrected chi connectivity index (χ1v) is 11.2. The van der Waals surface area contributed by atoms with Crippen molar-refractivity contribution < 1.29 is 13.2 Å². The Morgan fingerprint density at radius 1 is 1.12 bits per heavy atom. The Morgan fingerprint density at radius 2 is 1.84 bits per heavy atom. The molecule has 1 saturated heterocycles. The number of alkyl halides is 3. The van der Waals surface area contributed by atoms with Gasteiger partial charge >= 0.3 is 6.18 Å². The van der Waals surface area contributed by atoms with E-state index >= 15 is 0 Å². The maximum Gasteiger partial charge on any atom is 0.416 e. The van der Waals surface area contributed by atoms with Crippen molar-refractivity contribution in [1.29, 1.82) is 0 Å². The smallest absolute Gasteiger partial charge is 0.310 e. The summed E-state index contributed by atoms with van der Waals surface area (Å²) in [5.74, 6) is 0.978. The summed E-state index contributed by atoms with van der Waals surface area (Å²) in [6.07, 6.45) is 1.73. The van der Waals surface area contributed by atoms with Crippen LogP contribution in [-0.2, 0) is 12.7 Å². The van der Waals surface area contributed by atoms with Crippen molar-refractivity contribution in [1.82, 2.24) is 24.6 Å². The molecule has 3 heterocycles. The molecule has 2 aliphatic rings. The molecule has 5 rings (SSSR count). The van der Waals surface area contributed by atoms with Gasteiger partial charge in [0.15, 0.2) is 5.65 Å². The molecule has 0 bridgehead atoms. The molecule has 170 valence electrons. The summed E-state index contributed by atoms with van der Waals surface area (Å²) in [5.41, 5.74) is 0.691. The SMILES string of the molecule is C[C@@H]1CN(Cc2ccc(C(F)(F)F)cc2)C[C@H]1c1nc2c(cnn2C2CCCC2)c(=O)[nH]1. The van der Waals surface area contributed by atoms with Crippen LogP contribution in [0.3, 0.4) is 0 Å². The minimum atomic E-state index is -4.33. The Morgan fingerprint density at radius 3 is 2.53 bits per heavy atom. The number of nitrogens with one attached hydrogen (secondary N) is 1. The lowest BCUT2D eigenvalue weighted by Crippen LogP contribution is -2.22. The van der Waals surface area contributed by atoms with Crippen molar-refractivity contribution in [2.75, 3.05) is 13.1 Å². The van der Waals surface area contributed by atoms with Crippen LogP contribution in [0.5, 0.6) is 0 Å². The van der Waals surface area contributed by atoms with Crippen LogP contribution in [0, 0.1) is 5.92 Å². The van der Waals surface area contributed by atoms with E-state index in [2.05, 4.69) is 21.9 Å². The van der Waals surface area contributed by atoms with Gasteiger partial charge in [-0.2, -0.15) is 18.3 Å². The molecular weight excluding hydrogens is 419 g/mol. The summed E-state index contributed by atoms with van der Waals surface area (Å²) in [7, 11) is 0. The number of nitrogens with zero attached hydrogens (tertiary/aromatic N) is 4. The van der Waals surface area contributed by atoms with E-state index in [4.69, 9.17) is 4.98 Å². The van der Waals surface area contributed by atoms with Crippen LogP contribution in [0.2, 0.25) is 0 Å².